The molecular weight excluding hydrogens is 190 g/mol. The molecule has 1 aliphatic rings. The summed E-state index contributed by atoms with van der Waals surface area (Å²) in [6.07, 6.45) is 1.04. The first kappa shape index (κ1) is 10.8. The average Bonchev–Trinajstić information content (AvgIpc) is 2.62. The van der Waals surface area contributed by atoms with Gasteiger partial charge in [0.05, 0.1) is 6.61 Å². The molecule has 1 rings (SSSR count). The lowest BCUT2D eigenvalue weighted by atomic mass is 10.1. The largest absolute Gasteiger partial charge is 0.381 e. The number of carbonyl (C=O) groups excluding carboxylic acids is 1. The van der Waals surface area contributed by atoms with Gasteiger partial charge in [0.25, 0.3) is 0 Å². The Morgan fingerprint density at radius 2 is 2.46 bits per heavy atom. The number of nitrogens with zero attached hydrogens (tertiary/aromatic N) is 1. The van der Waals surface area contributed by atoms with Crippen molar-refractivity contribution in [3.63, 3.8) is 0 Å². The number of alkyl halides is 1. The first-order chi connectivity index (χ1) is 6.27. The normalized spacial score (nSPS) is 22.3. The van der Waals surface area contributed by atoms with Crippen LogP contribution in [-0.2, 0) is 9.53 Å². The second-order valence-electron chi connectivity index (χ2n) is 3.29. The van der Waals surface area contributed by atoms with Gasteiger partial charge in [0.15, 0.2) is 0 Å². The number of hydrogen-bond donors (Lipinski definition) is 0. The number of hydrogen-bond acceptors (Lipinski definition) is 2. The van der Waals surface area contributed by atoms with Crippen molar-refractivity contribution < 1.29 is 9.53 Å². The minimum atomic E-state index is 0.0423. The van der Waals surface area contributed by atoms with E-state index in [1.807, 2.05) is 11.8 Å². The van der Waals surface area contributed by atoms with Crippen molar-refractivity contribution >= 4 is 17.5 Å². The van der Waals surface area contributed by atoms with Crippen molar-refractivity contribution in [2.24, 2.45) is 5.92 Å². The Morgan fingerprint density at radius 3 is 3.08 bits per heavy atom. The lowest BCUT2D eigenvalue weighted by Gasteiger charge is -2.14. The van der Waals surface area contributed by atoms with E-state index < -0.39 is 0 Å². The van der Waals surface area contributed by atoms with Gasteiger partial charge in [0, 0.05) is 25.6 Å². The van der Waals surface area contributed by atoms with Crippen LogP contribution in [0.5, 0.6) is 0 Å². The summed E-state index contributed by atoms with van der Waals surface area (Å²) < 4.78 is 5.31. The van der Waals surface area contributed by atoms with E-state index in [-0.39, 0.29) is 11.8 Å². The zero-order chi connectivity index (χ0) is 9.68. The minimum Gasteiger partial charge on any atom is -0.381 e. The molecule has 0 aromatic heterocycles. The van der Waals surface area contributed by atoms with Crippen LogP contribution in [0.2, 0.25) is 0 Å². The zero-order valence-electron chi connectivity index (χ0n) is 7.96. The highest BCUT2D eigenvalue weighted by Crippen LogP contribution is 2.16. The molecule has 0 bridgehead atoms. The zero-order valence-corrected chi connectivity index (χ0v) is 8.72. The maximum Gasteiger partial charge on any atom is 0.237 e. The molecule has 0 N–H and O–H groups in total. The van der Waals surface area contributed by atoms with Gasteiger partial charge in [-0.2, -0.15) is 0 Å². The molecule has 1 heterocycles. The lowest BCUT2D eigenvalue weighted by molar-refractivity contribution is -0.127. The first-order valence-electron chi connectivity index (χ1n) is 4.69. The quantitative estimate of drug-likeness (QED) is 0.644. The van der Waals surface area contributed by atoms with E-state index in [0.717, 1.165) is 32.7 Å². The molecule has 0 aliphatic carbocycles. The molecule has 0 radical (unpaired) electrons. The van der Waals surface area contributed by atoms with Crippen molar-refractivity contribution in [2.75, 3.05) is 32.2 Å². The molecule has 1 amide bonds. The standard InChI is InChI=1S/C9H16ClNO2/c1-2-13-7-8-3-4-11(6-8)9(12)5-10/h8H,2-7H2,1H3/t8-/m0/s1. The van der Waals surface area contributed by atoms with E-state index in [1.54, 1.807) is 0 Å². The Morgan fingerprint density at radius 1 is 1.69 bits per heavy atom. The smallest absolute Gasteiger partial charge is 0.237 e. The summed E-state index contributed by atoms with van der Waals surface area (Å²) >= 11 is 5.46. The fraction of sp³-hybridized carbons (Fsp3) is 0.889. The summed E-state index contributed by atoms with van der Waals surface area (Å²) in [5.41, 5.74) is 0. The molecular formula is C9H16ClNO2. The predicted molar refractivity (Wildman–Crippen MR) is 51.9 cm³/mol. The number of halogens is 1. The Kier molecular flexibility index (Phi) is 4.53. The molecule has 13 heavy (non-hydrogen) atoms. The molecule has 4 heteroatoms. The van der Waals surface area contributed by atoms with E-state index in [0.29, 0.717) is 5.92 Å². The van der Waals surface area contributed by atoms with Crippen molar-refractivity contribution in [1.82, 2.24) is 4.90 Å². The summed E-state index contributed by atoms with van der Waals surface area (Å²) in [5, 5.41) is 0. The fourth-order valence-electron chi connectivity index (χ4n) is 1.56. The molecule has 1 aliphatic heterocycles. The third kappa shape index (κ3) is 3.16. The van der Waals surface area contributed by atoms with Gasteiger partial charge in [-0.15, -0.1) is 11.6 Å². The van der Waals surface area contributed by atoms with Crippen molar-refractivity contribution in [2.45, 2.75) is 13.3 Å². The van der Waals surface area contributed by atoms with Crippen LogP contribution in [0, 0.1) is 5.92 Å². The number of carbonyl (C=O) groups is 1. The monoisotopic (exact) mass is 205 g/mol. The topological polar surface area (TPSA) is 29.5 Å². The van der Waals surface area contributed by atoms with Crippen molar-refractivity contribution in [1.29, 1.82) is 0 Å². The van der Waals surface area contributed by atoms with Gasteiger partial charge in [-0.3, -0.25) is 4.79 Å². The molecule has 1 atom stereocenters. The number of likely N-dealkylation sites (tertiary alicyclic amines) is 1. The van der Waals surface area contributed by atoms with E-state index in [2.05, 4.69) is 0 Å². The maximum absolute atomic E-state index is 11.2. The molecule has 0 aromatic rings. The van der Waals surface area contributed by atoms with Crippen LogP contribution in [0.15, 0.2) is 0 Å². The van der Waals surface area contributed by atoms with Crippen LogP contribution in [0.4, 0.5) is 0 Å². The second kappa shape index (κ2) is 5.45. The number of amides is 1. The highest BCUT2D eigenvalue weighted by molar-refractivity contribution is 6.27. The molecule has 3 nitrogen and oxygen atoms in total. The van der Waals surface area contributed by atoms with Gasteiger partial charge in [-0.25, -0.2) is 0 Å². The van der Waals surface area contributed by atoms with Crippen LogP contribution in [0.25, 0.3) is 0 Å². The molecule has 0 saturated carbocycles. The molecule has 1 saturated heterocycles. The summed E-state index contributed by atoms with van der Waals surface area (Å²) in [4.78, 5) is 13.0. The molecule has 0 unspecified atom stereocenters. The summed E-state index contributed by atoms with van der Waals surface area (Å²) in [6, 6.07) is 0. The van der Waals surface area contributed by atoms with Gasteiger partial charge < -0.3 is 9.64 Å². The van der Waals surface area contributed by atoms with Crippen LogP contribution < -0.4 is 0 Å². The molecule has 1 fully saturated rings. The Bertz CT molecular complexity index is 175. The van der Waals surface area contributed by atoms with E-state index in [1.165, 1.54) is 0 Å². The third-order valence-electron chi connectivity index (χ3n) is 2.31. The molecule has 0 spiro atoms. The first-order valence-corrected chi connectivity index (χ1v) is 5.22. The average molecular weight is 206 g/mol. The Labute approximate surface area is 84.0 Å². The highest BCUT2D eigenvalue weighted by atomic mass is 35.5. The minimum absolute atomic E-state index is 0.0423. The van der Waals surface area contributed by atoms with Gasteiger partial charge in [-0.05, 0) is 13.3 Å². The predicted octanol–water partition coefficient (Wildman–Crippen LogP) is 1.11. The highest BCUT2D eigenvalue weighted by Gasteiger charge is 2.25. The maximum atomic E-state index is 11.2. The van der Waals surface area contributed by atoms with E-state index in [4.69, 9.17) is 16.3 Å². The second-order valence-corrected chi connectivity index (χ2v) is 3.55. The van der Waals surface area contributed by atoms with E-state index in [9.17, 15) is 4.79 Å². The van der Waals surface area contributed by atoms with Gasteiger partial charge in [-0.1, -0.05) is 0 Å². The van der Waals surface area contributed by atoms with Crippen LogP contribution in [0.1, 0.15) is 13.3 Å². The summed E-state index contributed by atoms with van der Waals surface area (Å²) in [5.74, 6) is 0.647. The van der Waals surface area contributed by atoms with Crippen LogP contribution in [0.3, 0.4) is 0 Å². The number of ether oxygens (including phenoxy) is 1. The Hall–Kier alpha value is -0.280. The Balaban J connectivity index is 2.23. The van der Waals surface area contributed by atoms with Crippen LogP contribution in [-0.4, -0.2) is 43.0 Å². The van der Waals surface area contributed by atoms with Gasteiger partial charge >= 0.3 is 0 Å². The lowest BCUT2D eigenvalue weighted by Crippen LogP contribution is -2.30. The van der Waals surface area contributed by atoms with Gasteiger partial charge in [0.2, 0.25) is 5.91 Å². The summed E-state index contributed by atoms with van der Waals surface area (Å²) in [6.45, 7) is 5.15. The molecule has 76 valence electrons. The van der Waals surface area contributed by atoms with E-state index >= 15 is 0 Å². The van der Waals surface area contributed by atoms with Gasteiger partial charge in [0.1, 0.15) is 5.88 Å². The third-order valence-corrected chi connectivity index (χ3v) is 2.54. The van der Waals surface area contributed by atoms with Crippen molar-refractivity contribution in [3.8, 4) is 0 Å². The summed E-state index contributed by atoms with van der Waals surface area (Å²) in [7, 11) is 0. The number of rotatable bonds is 4. The van der Waals surface area contributed by atoms with Crippen molar-refractivity contribution in [3.05, 3.63) is 0 Å². The fourth-order valence-corrected chi connectivity index (χ4v) is 1.73. The van der Waals surface area contributed by atoms with Crippen LogP contribution >= 0.6 is 11.6 Å². The SMILES string of the molecule is CCOC[C@H]1CCN(C(=O)CCl)C1. The molecule has 0 aromatic carbocycles.